The van der Waals surface area contributed by atoms with Gasteiger partial charge in [0.1, 0.15) is 11.3 Å². The third kappa shape index (κ3) is 7.28. The molecule has 0 aliphatic heterocycles. The highest BCUT2D eigenvalue weighted by Gasteiger charge is 2.30. The summed E-state index contributed by atoms with van der Waals surface area (Å²) in [4.78, 5) is 29.8. The Morgan fingerprint density at radius 1 is 0.950 bits per heavy atom. The van der Waals surface area contributed by atoms with Gasteiger partial charge in [-0.25, -0.2) is 4.98 Å². The number of alkyl halides is 3. The minimum Gasteiger partial charge on any atom is -0.481 e. The number of hydrogen-bond acceptors (Lipinski definition) is 3. The van der Waals surface area contributed by atoms with Crippen molar-refractivity contribution in [3.05, 3.63) is 107 Å². The van der Waals surface area contributed by atoms with Gasteiger partial charge >= 0.3 is 12.1 Å². The van der Waals surface area contributed by atoms with Crippen LogP contribution in [0.2, 0.25) is 0 Å². The number of nitrogens with zero attached hydrogens (tertiary/aromatic N) is 2. The number of carboxylic acids is 1. The third-order valence-corrected chi connectivity index (χ3v) is 6.88. The van der Waals surface area contributed by atoms with Crippen molar-refractivity contribution in [1.82, 2.24) is 14.7 Å². The first kappa shape index (κ1) is 28.9. The van der Waals surface area contributed by atoms with Crippen LogP contribution in [0.3, 0.4) is 0 Å². The van der Waals surface area contributed by atoms with Crippen molar-refractivity contribution in [2.75, 3.05) is 6.54 Å². The van der Waals surface area contributed by atoms with Crippen molar-refractivity contribution < 1.29 is 27.9 Å². The van der Waals surface area contributed by atoms with Gasteiger partial charge in [0, 0.05) is 25.1 Å². The van der Waals surface area contributed by atoms with E-state index in [0.29, 0.717) is 29.9 Å². The van der Waals surface area contributed by atoms with E-state index in [9.17, 15) is 27.9 Å². The summed E-state index contributed by atoms with van der Waals surface area (Å²) in [6, 6.07) is 19.6. The van der Waals surface area contributed by atoms with Gasteiger partial charge < -0.3 is 10.4 Å². The van der Waals surface area contributed by atoms with Gasteiger partial charge in [-0.3, -0.25) is 14.0 Å². The molecule has 0 saturated carbocycles. The molecule has 0 aliphatic rings. The van der Waals surface area contributed by atoms with E-state index in [1.807, 2.05) is 44.2 Å². The zero-order valence-corrected chi connectivity index (χ0v) is 22.4. The summed E-state index contributed by atoms with van der Waals surface area (Å²) in [5, 5.41) is 12.7. The second-order valence-corrected chi connectivity index (χ2v) is 10.5. The Kier molecular flexibility index (Phi) is 8.92. The first-order valence-corrected chi connectivity index (χ1v) is 13.2. The van der Waals surface area contributed by atoms with Gasteiger partial charge in [-0.2, -0.15) is 13.2 Å². The van der Waals surface area contributed by atoms with Crippen molar-refractivity contribution >= 4 is 17.5 Å². The van der Waals surface area contributed by atoms with E-state index < -0.39 is 23.6 Å². The lowest BCUT2D eigenvalue weighted by molar-refractivity contribution is -0.141. The molecular formula is C31H32F3N3O3. The number of nitrogens with one attached hydrogen (secondary N) is 1. The van der Waals surface area contributed by atoms with E-state index in [1.54, 1.807) is 28.8 Å². The number of carbonyl (C=O) groups excluding carboxylic acids is 1. The Balaban J connectivity index is 1.50. The maximum absolute atomic E-state index is 13.2. The first-order valence-electron chi connectivity index (χ1n) is 13.2. The summed E-state index contributed by atoms with van der Waals surface area (Å²) < 4.78 is 40.7. The number of rotatable bonds is 11. The second kappa shape index (κ2) is 12.4. The monoisotopic (exact) mass is 551 g/mol. The molecular weight excluding hydrogens is 519 g/mol. The molecule has 2 aromatic carbocycles. The molecule has 0 aliphatic carbocycles. The average Bonchev–Trinajstić information content (AvgIpc) is 3.33. The number of halogens is 3. The molecule has 0 spiro atoms. The number of aliphatic carboxylic acids is 1. The zero-order valence-electron chi connectivity index (χ0n) is 22.4. The molecule has 4 rings (SSSR count). The number of benzene rings is 2. The van der Waals surface area contributed by atoms with E-state index >= 15 is 0 Å². The van der Waals surface area contributed by atoms with Crippen molar-refractivity contribution in [2.45, 2.75) is 45.2 Å². The Hall–Kier alpha value is -4.14. The molecule has 0 bridgehead atoms. The summed E-state index contributed by atoms with van der Waals surface area (Å²) in [5.74, 6) is -1.85. The smallest absolute Gasteiger partial charge is 0.416 e. The lowest BCUT2D eigenvalue weighted by atomic mass is 9.89. The summed E-state index contributed by atoms with van der Waals surface area (Å²) >= 11 is 0. The van der Waals surface area contributed by atoms with Crippen LogP contribution in [0, 0.1) is 11.8 Å². The number of hydrogen-bond donors (Lipinski definition) is 2. The molecule has 2 aromatic heterocycles. The normalized spacial score (nSPS) is 13.3. The predicted molar refractivity (Wildman–Crippen MR) is 146 cm³/mol. The van der Waals surface area contributed by atoms with Gasteiger partial charge in [0.2, 0.25) is 0 Å². The maximum atomic E-state index is 13.2. The number of pyridine rings is 1. The predicted octanol–water partition coefficient (Wildman–Crippen LogP) is 6.40. The van der Waals surface area contributed by atoms with Crippen LogP contribution in [0.25, 0.3) is 5.65 Å². The highest BCUT2D eigenvalue weighted by molar-refractivity contribution is 5.93. The number of amides is 1. The molecule has 2 atom stereocenters. The van der Waals surface area contributed by atoms with Crippen LogP contribution in [0.15, 0.2) is 79.0 Å². The van der Waals surface area contributed by atoms with Crippen molar-refractivity contribution in [1.29, 1.82) is 0 Å². The molecule has 210 valence electrons. The molecule has 40 heavy (non-hydrogen) atoms. The van der Waals surface area contributed by atoms with Gasteiger partial charge in [0.05, 0.1) is 17.2 Å². The highest BCUT2D eigenvalue weighted by atomic mass is 19.4. The second-order valence-electron chi connectivity index (χ2n) is 10.5. The molecule has 9 heteroatoms. The average molecular weight is 552 g/mol. The van der Waals surface area contributed by atoms with Crippen LogP contribution in [0.1, 0.15) is 59.1 Å². The Labute approximate surface area is 230 Å². The SMILES string of the molecule is CC(C)CC(CNC(=O)c1cccc2nc(CC(Cc3ccccc3)C(=O)O)cn12)c1ccc(C(F)(F)F)cc1. The summed E-state index contributed by atoms with van der Waals surface area (Å²) in [6.45, 7) is 4.29. The number of fused-ring (bicyclic) bond motifs is 1. The molecule has 2 N–H and O–H groups in total. The van der Waals surface area contributed by atoms with Crippen LogP contribution in [-0.2, 0) is 23.8 Å². The van der Waals surface area contributed by atoms with Crippen molar-refractivity contribution in [2.24, 2.45) is 11.8 Å². The number of carbonyl (C=O) groups is 2. The van der Waals surface area contributed by atoms with Crippen LogP contribution in [0.4, 0.5) is 13.2 Å². The standard InChI is InChI=1S/C31H32F3N3O3/c1-20(2)15-24(22-11-13-25(14-12-22)31(32,33)34)18-35-29(38)27-9-6-10-28-36-26(19-37(27)28)17-23(30(39)40)16-21-7-4-3-5-8-21/h3-14,19-20,23-24H,15-18H2,1-2H3,(H,35,38)(H,39,40). The van der Waals surface area contributed by atoms with Crippen LogP contribution < -0.4 is 5.32 Å². The largest absolute Gasteiger partial charge is 0.481 e. The molecule has 2 heterocycles. The topological polar surface area (TPSA) is 83.7 Å². The lowest BCUT2D eigenvalue weighted by Gasteiger charge is -2.21. The quantitative estimate of drug-likeness (QED) is 0.226. The van der Waals surface area contributed by atoms with Crippen molar-refractivity contribution in [3.8, 4) is 0 Å². The van der Waals surface area contributed by atoms with Gasteiger partial charge in [-0.05, 0) is 54.2 Å². The third-order valence-electron chi connectivity index (χ3n) is 6.88. The van der Waals surface area contributed by atoms with E-state index in [-0.39, 0.29) is 30.7 Å². The number of aromatic nitrogens is 2. The summed E-state index contributed by atoms with van der Waals surface area (Å²) in [5.41, 5.74) is 2.35. The van der Waals surface area contributed by atoms with Gasteiger partial charge in [-0.1, -0.05) is 62.4 Å². The Morgan fingerprint density at radius 2 is 1.65 bits per heavy atom. The van der Waals surface area contributed by atoms with Gasteiger partial charge in [0.15, 0.2) is 0 Å². The Morgan fingerprint density at radius 3 is 2.27 bits per heavy atom. The highest BCUT2D eigenvalue weighted by Crippen LogP contribution is 2.31. The fourth-order valence-corrected chi connectivity index (χ4v) is 4.90. The van der Waals surface area contributed by atoms with Gasteiger partial charge in [0.25, 0.3) is 5.91 Å². The molecule has 6 nitrogen and oxygen atoms in total. The minimum absolute atomic E-state index is 0.168. The van der Waals surface area contributed by atoms with Crippen LogP contribution in [-0.4, -0.2) is 32.9 Å². The molecule has 0 radical (unpaired) electrons. The molecule has 0 saturated heterocycles. The van der Waals surface area contributed by atoms with Crippen LogP contribution in [0.5, 0.6) is 0 Å². The first-order chi connectivity index (χ1) is 19.0. The fraction of sp³-hybridized carbons (Fsp3) is 0.323. The van der Waals surface area contributed by atoms with Crippen molar-refractivity contribution in [3.63, 3.8) is 0 Å². The lowest BCUT2D eigenvalue weighted by Crippen LogP contribution is -2.30. The zero-order chi connectivity index (χ0) is 28.9. The summed E-state index contributed by atoms with van der Waals surface area (Å²) in [7, 11) is 0. The summed E-state index contributed by atoms with van der Waals surface area (Å²) in [6.07, 6.45) is -1.47. The van der Waals surface area contributed by atoms with Crippen LogP contribution >= 0.6 is 0 Å². The fourth-order valence-electron chi connectivity index (χ4n) is 4.90. The maximum Gasteiger partial charge on any atom is 0.416 e. The molecule has 2 unspecified atom stereocenters. The van der Waals surface area contributed by atoms with E-state index in [4.69, 9.17) is 0 Å². The molecule has 0 fully saturated rings. The molecule has 4 aromatic rings. The number of carboxylic acid groups (broad SMARTS) is 1. The van der Waals surface area contributed by atoms with E-state index in [1.165, 1.54) is 12.1 Å². The molecule has 1 amide bonds. The Bertz CT molecular complexity index is 1450. The van der Waals surface area contributed by atoms with E-state index in [0.717, 1.165) is 23.3 Å². The van der Waals surface area contributed by atoms with Gasteiger partial charge in [-0.15, -0.1) is 0 Å². The minimum atomic E-state index is -4.41. The number of imidazole rings is 1. The van der Waals surface area contributed by atoms with E-state index in [2.05, 4.69) is 10.3 Å².